The number of hydrogen-bond acceptors (Lipinski definition) is 7. The number of carbonyl (C=O) groups excluding carboxylic acids is 2. The van der Waals surface area contributed by atoms with Gasteiger partial charge in [-0.2, -0.15) is 0 Å². The highest BCUT2D eigenvalue weighted by Crippen LogP contribution is 2.59. The van der Waals surface area contributed by atoms with Gasteiger partial charge in [-0.1, -0.05) is 32.4 Å². The first-order valence-corrected chi connectivity index (χ1v) is 11.4. The molecule has 1 aliphatic carbocycles. The van der Waals surface area contributed by atoms with Crippen molar-refractivity contribution in [3.63, 3.8) is 0 Å². The number of amides is 1. The Morgan fingerprint density at radius 3 is 2.41 bits per heavy atom. The maximum Gasteiger partial charge on any atom is 0.408 e. The van der Waals surface area contributed by atoms with Crippen LogP contribution in [0.4, 0.5) is 4.79 Å². The van der Waals surface area contributed by atoms with E-state index in [4.69, 9.17) is 23.7 Å². The van der Waals surface area contributed by atoms with Crippen molar-refractivity contribution >= 4 is 12.1 Å². The lowest BCUT2D eigenvalue weighted by Gasteiger charge is -2.42. The molecule has 2 aliphatic heterocycles. The van der Waals surface area contributed by atoms with Gasteiger partial charge in [0, 0.05) is 7.11 Å². The van der Waals surface area contributed by atoms with Gasteiger partial charge in [0.05, 0.1) is 25.7 Å². The second-order valence-electron chi connectivity index (χ2n) is 10.8. The molecular formula is C24H39NO7. The van der Waals surface area contributed by atoms with Crippen LogP contribution in [0.1, 0.15) is 60.8 Å². The number of alkyl carbamates (subject to hydrolysis) is 1. The van der Waals surface area contributed by atoms with Gasteiger partial charge in [0.1, 0.15) is 29.5 Å². The van der Waals surface area contributed by atoms with Crippen molar-refractivity contribution in [3.8, 4) is 0 Å². The van der Waals surface area contributed by atoms with E-state index in [0.29, 0.717) is 13.0 Å². The van der Waals surface area contributed by atoms with E-state index < -0.39 is 35.2 Å². The summed E-state index contributed by atoms with van der Waals surface area (Å²) in [5.74, 6) is -0.563. The van der Waals surface area contributed by atoms with Gasteiger partial charge >= 0.3 is 12.1 Å². The Morgan fingerprint density at radius 1 is 1.25 bits per heavy atom. The molecular weight excluding hydrogens is 414 g/mol. The predicted molar refractivity (Wildman–Crippen MR) is 118 cm³/mol. The second-order valence-corrected chi connectivity index (χ2v) is 10.8. The minimum atomic E-state index is -0.823. The Morgan fingerprint density at radius 2 is 1.91 bits per heavy atom. The summed E-state index contributed by atoms with van der Waals surface area (Å²) in [7, 11) is 2.94. The number of epoxide rings is 2. The Kier molecular flexibility index (Phi) is 6.99. The van der Waals surface area contributed by atoms with Gasteiger partial charge in [-0.15, -0.1) is 0 Å². The maximum absolute atomic E-state index is 12.8. The second kappa shape index (κ2) is 8.95. The molecule has 182 valence electrons. The third-order valence-electron chi connectivity index (χ3n) is 7.06. The Bertz CT molecular complexity index is 750. The molecule has 0 aromatic carbocycles. The first-order valence-electron chi connectivity index (χ1n) is 11.4. The van der Waals surface area contributed by atoms with E-state index in [1.54, 1.807) is 7.11 Å². The molecule has 0 aromatic heterocycles. The maximum atomic E-state index is 12.8. The highest BCUT2D eigenvalue weighted by atomic mass is 16.6. The lowest BCUT2D eigenvalue weighted by Crippen LogP contribution is -2.57. The topological polar surface area (TPSA) is 98.9 Å². The van der Waals surface area contributed by atoms with Crippen LogP contribution in [0.2, 0.25) is 0 Å². The van der Waals surface area contributed by atoms with Gasteiger partial charge in [0.15, 0.2) is 0 Å². The molecule has 1 N–H and O–H groups in total. The highest BCUT2D eigenvalue weighted by molar-refractivity contribution is 5.82. The van der Waals surface area contributed by atoms with E-state index in [2.05, 4.69) is 32.2 Å². The molecule has 3 aliphatic rings. The van der Waals surface area contributed by atoms with Crippen molar-refractivity contribution in [1.29, 1.82) is 0 Å². The largest absolute Gasteiger partial charge is 0.467 e. The van der Waals surface area contributed by atoms with Crippen LogP contribution in [-0.4, -0.2) is 68.4 Å². The van der Waals surface area contributed by atoms with Gasteiger partial charge in [-0.3, -0.25) is 0 Å². The summed E-state index contributed by atoms with van der Waals surface area (Å²) in [6.07, 6.45) is 2.99. The third-order valence-corrected chi connectivity index (χ3v) is 7.06. The van der Waals surface area contributed by atoms with E-state index in [9.17, 15) is 9.59 Å². The number of methoxy groups -OCH3 is 2. The summed E-state index contributed by atoms with van der Waals surface area (Å²) < 4.78 is 28.7. The van der Waals surface area contributed by atoms with E-state index >= 15 is 0 Å². The molecule has 0 radical (unpaired) electrons. The summed E-state index contributed by atoms with van der Waals surface area (Å²) >= 11 is 0. The molecule has 2 saturated heterocycles. The van der Waals surface area contributed by atoms with Crippen LogP contribution in [0, 0.1) is 11.3 Å². The number of rotatable bonds is 7. The number of nitrogens with one attached hydrogen (secondary N) is 1. The van der Waals surface area contributed by atoms with Gasteiger partial charge in [0.25, 0.3) is 0 Å². The molecule has 1 amide bonds. The average Bonchev–Trinajstić information content (AvgIpc) is 3.62. The molecule has 0 bridgehead atoms. The molecule has 0 aromatic rings. The van der Waals surface area contributed by atoms with Crippen LogP contribution in [0.15, 0.2) is 11.6 Å². The molecule has 2 heterocycles. The van der Waals surface area contributed by atoms with Crippen molar-refractivity contribution in [1.82, 2.24) is 5.32 Å². The zero-order valence-corrected chi connectivity index (χ0v) is 20.7. The summed E-state index contributed by atoms with van der Waals surface area (Å²) in [6, 6.07) is -0.823. The van der Waals surface area contributed by atoms with Crippen LogP contribution < -0.4 is 5.32 Å². The minimum absolute atomic E-state index is 0.0545. The molecule has 8 heteroatoms. The van der Waals surface area contributed by atoms with Crippen molar-refractivity contribution < 1.29 is 33.3 Å². The fourth-order valence-electron chi connectivity index (χ4n) is 5.11. The average molecular weight is 454 g/mol. The number of hydrogen-bond donors (Lipinski definition) is 1. The summed E-state index contributed by atoms with van der Waals surface area (Å²) in [5.41, 5.74) is 0.0398. The predicted octanol–water partition coefficient (Wildman–Crippen LogP) is 3.38. The number of esters is 1. The Balaban J connectivity index is 1.72. The molecule has 7 atom stereocenters. The summed E-state index contributed by atoms with van der Waals surface area (Å²) in [5, 5.41) is 2.69. The van der Waals surface area contributed by atoms with E-state index in [1.165, 1.54) is 12.7 Å². The summed E-state index contributed by atoms with van der Waals surface area (Å²) in [4.78, 5) is 25.0. The smallest absolute Gasteiger partial charge is 0.408 e. The number of carbonyl (C=O) groups is 2. The van der Waals surface area contributed by atoms with E-state index in [-0.39, 0.29) is 23.7 Å². The van der Waals surface area contributed by atoms with Crippen molar-refractivity contribution in [3.05, 3.63) is 11.6 Å². The summed E-state index contributed by atoms with van der Waals surface area (Å²) in [6.45, 7) is 12.5. The van der Waals surface area contributed by atoms with Gasteiger partial charge in [0.2, 0.25) is 0 Å². The van der Waals surface area contributed by atoms with Gasteiger partial charge in [-0.25, -0.2) is 9.59 Å². The van der Waals surface area contributed by atoms with E-state index in [0.717, 1.165) is 12.8 Å². The third kappa shape index (κ3) is 4.97. The molecule has 1 spiro atoms. The first-order chi connectivity index (χ1) is 14.9. The SMILES string of the molecule is COC(=O)C(NC(=O)O[C@@H]1CCC2(CO2)[C@@H]([C@@]2(C)O[C@@H]2CC=C(C)C)[C@@H]1OC)C(C)(C)C. The number of allylic oxidation sites excluding steroid dienone is 1. The van der Waals surface area contributed by atoms with Crippen molar-refractivity contribution in [2.24, 2.45) is 11.3 Å². The molecule has 1 saturated carbocycles. The minimum Gasteiger partial charge on any atom is -0.467 e. The Hall–Kier alpha value is -1.64. The molecule has 8 nitrogen and oxygen atoms in total. The van der Waals surface area contributed by atoms with E-state index in [1.807, 2.05) is 20.8 Å². The standard InChI is InChI=1S/C24H39NO7/c1-14(2)9-10-16-23(6,32-16)18-17(28-7)15(11-12-24(18)13-30-24)31-21(27)25-19(20(26)29-8)22(3,4)5/h9,15-19H,10-13H2,1-8H3,(H,25,27)/t15-,16-,17-,18-,19?,23+,24?/m1/s1. The highest BCUT2D eigenvalue weighted by Gasteiger charge is 2.72. The van der Waals surface area contributed by atoms with Gasteiger partial charge < -0.3 is 29.0 Å². The molecule has 3 rings (SSSR count). The number of ether oxygens (including phenoxy) is 5. The zero-order chi connectivity index (χ0) is 23.9. The van der Waals surface area contributed by atoms with Gasteiger partial charge in [-0.05, 0) is 45.4 Å². The first kappa shape index (κ1) is 25.0. The van der Waals surface area contributed by atoms with Crippen LogP contribution in [0.3, 0.4) is 0 Å². The Labute approximate surface area is 191 Å². The van der Waals surface area contributed by atoms with Crippen LogP contribution in [0.5, 0.6) is 0 Å². The molecule has 2 unspecified atom stereocenters. The lowest BCUT2D eigenvalue weighted by molar-refractivity contribution is -0.146. The zero-order valence-electron chi connectivity index (χ0n) is 20.7. The molecule has 3 fully saturated rings. The van der Waals surface area contributed by atoms with Crippen molar-refractivity contribution in [2.75, 3.05) is 20.8 Å². The van der Waals surface area contributed by atoms with Crippen LogP contribution >= 0.6 is 0 Å². The quantitative estimate of drug-likeness (QED) is 0.358. The lowest BCUT2D eigenvalue weighted by atomic mass is 9.68. The van der Waals surface area contributed by atoms with Crippen LogP contribution in [0.25, 0.3) is 0 Å². The molecule has 32 heavy (non-hydrogen) atoms. The van der Waals surface area contributed by atoms with Crippen LogP contribution in [-0.2, 0) is 28.5 Å². The normalized spacial score (nSPS) is 36.8. The van der Waals surface area contributed by atoms with Crippen molar-refractivity contribution in [2.45, 2.75) is 96.4 Å². The fraction of sp³-hybridized carbons (Fsp3) is 0.833. The fourth-order valence-corrected chi connectivity index (χ4v) is 5.11. The monoisotopic (exact) mass is 453 g/mol.